The topological polar surface area (TPSA) is 58.6 Å². The van der Waals surface area contributed by atoms with E-state index in [4.69, 9.17) is 4.74 Å². The van der Waals surface area contributed by atoms with Crippen LogP contribution in [-0.4, -0.2) is 28.9 Å². The quantitative estimate of drug-likeness (QED) is 0.608. The van der Waals surface area contributed by atoms with Crippen molar-refractivity contribution in [1.29, 1.82) is 0 Å². The van der Waals surface area contributed by atoms with Gasteiger partial charge in [-0.25, -0.2) is 0 Å². The van der Waals surface area contributed by atoms with Gasteiger partial charge in [0, 0.05) is 25.1 Å². The SMILES string of the molecule is CCOc1ccc(CN2C(=O)c3ccccc3C[C@@]2(C)C(=O)NCc2ccccc2)cc1. The van der Waals surface area contributed by atoms with Gasteiger partial charge in [0.1, 0.15) is 11.3 Å². The zero-order valence-electron chi connectivity index (χ0n) is 18.5. The third-order valence-corrected chi connectivity index (χ3v) is 5.98. The van der Waals surface area contributed by atoms with Crippen LogP contribution in [0.25, 0.3) is 0 Å². The number of fused-ring (bicyclic) bond motifs is 1. The summed E-state index contributed by atoms with van der Waals surface area (Å²) < 4.78 is 5.53. The molecule has 0 saturated heterocycles. The highest BCUT2D eigenvalue weighted by molar-refractivity contribution is 6.02. The van der Waals surface area contributed by atoms with Gasteiger partial charge in [0.05, 0.1) is 6.61 Å². The van der Waals surface area contributed by atoms with E-state index in [0.717, 1.165) is 22.4 Å². The molecule has 32 heavy (non-hydrogen) atoms. The van der Waals surface area contributed by atoms with Crippen LogP contribution in [0.15, 0.2) is 78.9 Å². The van der Waals surface area contributed by atoms with Crippen molar-refractivity contribution in [1.82, 2.24) is 10.2 Å². The third-order valence-electron chi connectivity index (χ3n) is 5.98. The number of benzene rings is 3. The van der Waals surface area contributed by atoms with Crippen molar-refractivity contribution in [2.45, 2.75) is 38.9 Å². The highest BCUT2D eigenvalue weighted by Gasteiger charge is 2.46. The molecule has 5 nitrogen and oxygen atoms in total. The maximum absolute atomic E-state index is 13.5. The Hall–Kier alpha value is -3.60. The molecule has 1 heterocycles. The summed E-state index contributed by atoms with van der Waals surface area (Å²) >= 11 is 0. The normalized spacial score (nSPS) is 17.6. The number of nitrogens with zero attached hydrogens (tertiary/aromatic N) is 1. The molecule has 1 atom stereocenters. The number of nitrogens with one attached hydrogen (secondary N) is 1. The Labute approximate surface area is 189 Å². The van der Waals surface area contributed by atoms with Crippen molar-refractivity contribution in [3.05, 3.63) is 101 Å². The fraction of sp³-hybridized carbons (Fsp3) is 0.259. The molecule has 1 aliphatic heterocycles. The van der Waals surface area contributed by atoms with E-state index in [1.54, 1.807) is 4.90 Å². The lowest BCUT2D eigenvalue weighted by Crippen LogP contribution is -2.62. The van der Waals surface area contributed by atoms with Crippen LogP contribution in [0.4, 0.5) is 0 Å². The first-order valence-electron chi connectivity index (χ1n) is 10.9. The van der Waals surface area contributed by atoms with Crippen LogP contribution in [0.3, 0.4) is 0 Å². The van der Waals surface area contributed by atoms with Crippen LogP contribution >= 0.6 is 0 Å². The summed E-state index contributed by atoms with van der Waals surface area (Å²) in [7, 11) is 0. The minimum Gasteiger partial charge on any atom is -0.494 e. The number of hydrogen-bond acceptors (Lipinski definition) is 3. The first-order valence-corrected chi connectivity index (χ1v) is 10.9. The number of hydrogen-bond donors (Lipinski definition) is 1. The molecule has 0 spiro atoms. The van der Waals surface area contributed by atoms with E-state index in [2.05, 4.69) is 5.32 Å². The summed E-state index contributed by atoms with van der Waals surface area (Å²) in [6, 6.07) is 25.0. The van der Waals surface area contributed by atoms with Crippen molar-refractivity contribution >= 4 is 11.8 Å². The third kappa shape index (κ3) is 4.37. The van der Waals surface area contributed by atoms with Crippen molar-refractivity contribution in [2.75, 3.05) is 6.61 Å². The molecule has 0 aromatic heterocycles. The van der Waals surface area contributed by atoms with Gasteiger partial charge in [-0.2, -0.15) is 0 Å². The van der Waals surface area contributed by atoms with E-state index in [1.807, 2.05) is 92.7 Å². The lowest BCUT2D eigenvalue weighted by Gasteiger charge is -2.44. The van der Waals surface area contributed by atoms with Gasteiger partial charge < -0.3 is 15.0 Å². The zero-order chi connectivity index (χ0) is 22.6. The molecule has 1 N–H and O–H groups in total. The number of carbonyl (C=O) groups excluding carboxylic acids is 2. The summed E-state index contributed by atoms with van der Waals surface area (Å²) in [5, 5.41) is 3.05. The Morgan fingerprint density at radius 1 is 0.969 bits per heavy atom. The average molecular weight is 429 g/mol. The smallest absolute Gasteiger partial charge is 0.255 e. The predicted octanol–water partition coefficient (Wildman–Crippen LogP) is 4.36. The molecule has 3 aromatic carbocycles. The van der Waals surface area contributed by atoms with Crippen LogP contribution in [-0.2, 0) is 24.3 Å². The second kappa shape index (κ2) is 9.27. The van der Waals surface area contributed by atoms with Crippen molar-refractivity contribution in [3.63, 3.8) is 0 Å². The van der Waals surface area contributed by atoms with E-state index in [-0.39, 0.29) is 11.8 Å². The lowest BCUT2D eigenvalue weighted by atomic mass is 9.82. The van der Waals surface area contributed by atoms with E-state index < -0.39 is 5.54 Å². The second-order valence-electron chi connectivity index (χ2n) is 8.24. The standard InChI is InChI=1S/C27H28N2O3/c1-3-32-23-15-13-21(14-16-23)19-29-25(30)24-12-8-7-11-22(24)17-27(29,2)26(31)28-18-20-9-5-4-6-10-20/h4-16H,3,17-19H2,1-2H3,(H,28,31)/t27-/m0/s1. The van der Waals surface area contributed by atoms with E-state index in [0.29, 0.717) is 31.7 Å². The van der Waals surface area contributed by atoms with Crippen molar-refractivity contribution in [3.8, 4) is 5.75 Å². The fourth-order valence-corrected chi connectivity index (χ4v) is 4.18. The molecule has 0 saturated carbocycles. The van der Waals surface area contributed by atoms with Gasteiger partial charge in [0.25, 0.3) is 5.91 Å². The molecule has 0 fully saturated rings. The highest BCUT2D eigenvalue weighted by Crippen LogP contribution is 2.33. The number of carbonyl (C=O) groups is 2. The fourth-order valence-electron chi connectivity index (χ4n) is 4.18. The minimum atomic E-state index is -1.00. The van der Waals surface area contributed by atoms with Crippen LogP contribution in [0, 0.1) is 0 Å². The molecular formula is C27H28N2O3. The van der Waals surface area contributed by atoms with Crippen LogP contribution in [0.1, 0.15) is 40.9 Å². The summed E-state index contributed by atoms with van der Waals surface area (Å²) in [5.74, 6) is 0.503. The van der Waals surface area contributed by atoms with Gasteiger partial charge >= 0.3 is 0 Å². The molecule has 1 aliphatic rings. The Morgan fingerprint density at radius 3 is 2.38 bits per heavy atom. The summed E-state index contributed by atoms with van der Waals surface area (Å²) in [5.41, 5.74) is 2.52. The van der Waals surface area contributed by atoms with Crippen molar-refractivity contribution < 1.29 is 14.3 Å². The van der Waals surface area contributed by atoms with Gasteiger partial charge in [-0.15, -0.1) is 0 Å². The molecule has 4 rings (SSSR count). The maximum Gasteiger partial charge on any atom is 0.255 e. The Kier molecular flexibility index (Phi) is 6.26. The summed E-state index contributed by atoms with van der Waals surface area (Å²) in [4.78, 5) is 28.7. The molecule has 3 aromatic rings. The van der Waals surface area contributed by atoms with Crippen molar-refractivity contribution in [2.24, 2.45) is 0 Å². The van der Waals surface area contributed by atoms with E-state index in [1.165, 1.54) is 0 Å². The lowest BCUT2D eigenvalue weighted by molar-refractivity contribution is -0.132. The zero-order valence-corrected chi connectivity index (χ0v) is 18.5. The van der Waals surface area contributed by atoms with Crippen LogP contribution < -0.4 is 10.1 Å². The number of ether oxygens (including phenoxy) is 1. The van der Waals surface area contributed by atoms with Gasteiger partial charge in [-0.3, -0.25) is 9.59 Å². The summed E-state index contributed by atoms with van der Waals surface area (Å²) in [6.45, 7) is 5.16. The van der Waals surface area contributed by atoms with Gasteiger partial charge in [0.15, 0.2) is 0 Å². The first-order chi connectivity index (χ1) is 15.5. The first kappa shape index (κ1) is 21.6. The van der Waals surface area contributed by atoms with Crippen LogP contribution in [0.5, 0.6) is 5.75 Å². The average Bonchev–Trinajstić information content (AvgIpc) is 2.82. The molecule has 2 amide bonds. The van der Waals surface area contributed by atoms with E-state index >= 15 is 0 Å². The molecule has 5 heteroatoms. The van der Waals surface area contributed by atoms with Gasteiger partial charge in [0.2, 0.25) is 5.91 Å². The summed E-state index contributed by atoms with van der Waals surface area (Å²) in [6.07, 6.45) is 0.465. The van der Waals surface area contributed by atoms with Gasteiger partial charge in [-0.1, -0.05) is 60.7 Å². The minimum absolute atomic E-state index is 0.127. The second-order valence-corrected chi connectivity index (χ2v) is 8.24. The monoisotopic (exact) mass is 428 g/mol. The molecular weight excluding hydrogens is 400 g/mol. The Balaban J connectivity index is 1.62. The molecule has 0 radical (unpaired) electrons. The van der Waals surface area contributed by atoms with E-state index in [9.17, 15) is 9.59 Å². The molecule has 0 bridgehead atoms. The Bertz CT molecular complexity index is 1100. The Morgan fingerprint density at radius 2 is 1.66 bits per heavy atom. The molecule has 0 unspecified atom stereocenters. The maximum atomic E-state index is 13.5. The van der Waals surface area contributed by atoms with Crippen LogP contribution in [0.2, 0.25) is 0 Å². The molecule has 164 valence electrons. The molecule has 0 aliphatic carbocycles. The number of rotatable bonds is 7. The largest absolute Gasteiger partial charge is 0.494 e. The van der Waals surface area contributed by atoms with Gasteiger partial charge in [-0.05, 0) is 48.7 Å². The predicted molar refractivity (Wildman–Crippen MR) is 124 cm³/mol. The highest BCUT2D eigenvalue weighted by atomic mass is 16.5. The number of amides is 2.